The smallest absolute Gasteiger partial charge is 0.309 e. The second kappa shape index (κ2) is 2.85. The second-order valence-corrected chi connectivity index (χ2v) is 2.62. The molecule has 0 aliphatic carbocycles. The number of hydrogen-bond acceptors (Lipinski definition) is 3. The predicted octanol–water partition coefficient (Wildman–Crippen LogP) is 0.356. The molecule has 0 bridgehead atoms. The standard InChI is InChI=1S/C8H7N3O2/c12-7(13)5-6-1-3-11-4-2-9-8(11)10-6/h1-4H,5H2,(H,12,13). The zero-order chi connectivity index (χ0) is 9.26. The lowest BCUT2D eigenvalue weighted by Crippen LogP contribution is -2.03. The summed E-state index contributed by atoms with van der Waals surface area (Å²) in [5.41, 5.74) is 0.520. The minimum Gasteiger partial charge on any atom is -0.481 e. The summed E-state index contributed by atoms with van der Waals surface area (Å²) in [5, 5.41) is 8.52. The van der Waals surface area contributed by atoms with Crippen LogP contribution in [-0.4, -0.2) is 25.4 Å². The first-order valence-electron chi connectivity index (χ1n) is 3.76. The van der Waals surface area contributed by atoms with Crippen molar-refractivity contribution in [1.29, 1.82) is 0 Å². The lowest BCUT2D eigenvalue weighted by Gasteiger charge is -1.96. The molecule has 13 heavy (non-hydrogen) atoms. The van der Waals surface area contributed by atoms with Crippen LogP contribution in [0.4, 0.5) is 0 Å². The molecule has 0 aliphatic heterocycles. The highest BCUT2D eigenvalue weighted by Crippen LogP contribution is 2.00. The van der Waals surface area contributed by atoms with Crippen LogP contribution in [0.5, 0.6) is 0 Å². The monoisotopic (exact) mass is 177 g/mol. The van der Waals surface area contributed by atoms with E-state index in [-0.39, 0.29) is 6.42 Å². The predicted molar refractivity (Wildman–Crippen MR) is 44.3 cm³/mol. The summed E-state index contributed by atoms with van der Waals surface area (Å²) in [5.74, 6) is -0.359. The molecule has 0 radical (unpaired) electrons. The molecular weight excluding hydrogens is 170 g/mol. The van der Waals surface area contributed by atoms with Crippen LogP contribution in [-0.2, 0) is 11.2 Å². The van der Waals surface area contributed by atoms with Gasteiger partial charge >= 0.3 is 5.97 Å². The van der Waals surface area contributed by atoms with E-state index in [1.807, 2.05) is 0 Å². The third-order valence-electron chi connectivity index (χ3n) is 1.65. The first kappa shape index (κ1) is 7.72. The SMILES string of the molecule is O=C(O)Cc1ccn2ccnc2n1. The Hall–Kier alpha value is -1.91. The Bertz CT molecular complexity index is 449. The van der Waals surface area contributed by atoms with Crippen molar-refractivity contribution in [2.24, 2.45) is 0 Å². The van der Waals surface area contributed by atoms with E-state index in [2.05, 4.69) is 9.97 Å². The molecule has 2 heterocycles. The summed E-state index contributed by atoms with van der Waals surface area (Å²) in [7, 11) is 0. The van der Waals surface area contributed by atoms with Crippen molar-refractivity contribution in [1.82, 2.24) is 14.4 Å². The Balaban J connectivity index is 2.42. The number of imidazole rings is 1. The van der Waals surface area contributed by atoms with E-state index in [0.29, 0.717) is 11.5 Å². The van der Waals surface area contributed by atoms with Gasteiger partial charge in [-0.05, 0) is 6.07 Å². The summed E-state index contributed by atoms with van der Waals surface area (Å²) in [6, 6.07) is 1.67. The maximum atomic E-state index is 10.4. The Labute approximate surface area is 73.7 Å². The largest absolute Gasteiger partial charge is 0.481 e. The Morgan fingerprint density at radius 1 is 1.54 bits per heavy atom. The highest BCUT2D eigenvalue weighted by atomic mass is 16.4. The summed E-state index contributed by atoms with van der Waals surface area (Å²) in [4.78, 5) is 18.4. The molecule has 0 aromatic carbocycles. The third-order valence-corrected chi connectivity index (χ3v) is 1.65. The van der Waals surface area contributed by atoms with Gasteiger partial charge in [0.15, 0.2) is 0 Å². The average molecular weight is 177 g/mol. The number of carboxylic acids is 1. The van der Waals surface area contributed by atoms with E-state index in [9.17, 15) is 4.79 Å². The van der Waals surface area contributed by atoms with E-state index in [1.165, 1.54) is 0 Å². The van der Waals surface area contributed by atoms with Crippen molar-refractivity contribution in [3.8, 4) is 0 Å². The molecule has 2 rings (SSSR count). The maximum Gasteiger partial charge on any atom is 0.309 e. The Morgan fingerprint density at radius 3 is 3.15 bits per heavy atom. The molecule has 0 amide bonds. The van der Waals surface area contributed by atoms with E-state index >= 15 is 0 Å². The van der Waals surface area contributed by atoms with Crippen LogP contribution >= 0.6 is 0 Å². The number of aromatic nitrogens is 3. The number of hydrogen-bond donors (Lipinski definition) is 1. The Morgan fingerprint density at radius 2 is 2.38 bits per heavy atom. The molecule has 0 atom stereocenters. The fraction of sp³-hybridized carbons (Fsp3) is 0.125. The van der Waals surface area contributed by atoms with Crippen LogP contribution in [0.1, 0.15) is 5.69 Å². The number of carbonyl (C=O) groups is 1. The molecule has 0 aliphatic rings. The van der Waals surface area contributed by atoms with Crippen molar-refractivity contribution in [3.63, 3.8) is 0 Å². The number of aliphatic carboxylic acids is 1. The van der Waals surface area contributed by atoms with Gasteiger partial charge in [-0.1, -0.05) is 0 Å². The van der Waals surface area contributed by atoms with Crippen molar-refractivity contribution in [2.75, 3.05) is 0 Å². The van der Waals surface area contributed by atoms with Gasteiger partial charge in [-0.15, -0.1) is 0 Å². The molecule has 2 aromatic heterocycles. The fourth-order valence-corrected chi connectivity index (χ4v) is 1.09. The summed E-state index contributed by atoms with van der Waals surface area (Å²) in [6.07, 6.45) is 5.05. The van der Waals surface area contributed by atoms with Gasteiger partial charge in [0.1, 0.15) is 0 Å². The van der Waals surface area contributed by atoms with Crippen LogP contribution < -0.4 is 0 Å². The van der Waals surface area contributed by atoms with Crippen LogP contribution in [0, 0.1) is 0 Å². The molecular formula is C8H7N3O2. The molecule has 0 saturated carbocycles. The van der Waals surface area contributed by atoms with E-state index in [1.54, 1.807) is 29.1 Å². The van der Waals surface area contributed by atoms with Gasteiger partial charge in [-0.25, -0.2) is 9.97 Å². The molecule has 1 N–H and O–H groups in total. The van der Waals surface area contributed by atoms with Gasteiger partial charge in [0.25, 0.3) is 0 Å². The van der Waals surface area contributed by atoms with E-state index in [4.69, 9.17) is 5.11 Å². The van der Waals surface area contributed by atoms with Crippen molar-refractivity contribution < 1.29 is 9.90 Å². The lowest BCUT2D eigenvalue weighted by molar-refractivity contribution is -0.136. The van der Waals surface area contributed by atoms with Gasteiger partial charge in [0, 0.05) is 18.6 Å². The first-order chi connectivity index (χ1) is 6.25. The van der Waals surface area contributed by atoms with Crippen molar-refractivity contribution in [2.45, 2.75) is 6.42 Å². The van der Waals surface area contributed by atoms with Crippen molar-refractivity contribution >= 4 is 11.7 Å². The van der Waals surface area contributed by atoms with Gasteiger partial charge < -0.3 is 5.11 Å². The lowest BCUT2D eigenvalue weighted by atomic mass is 10.3. The molecule has 0 fully saturated rings. The number of nitrogens with zero attached hydrogens (tertiary/aromatic N) is 3. The third kappa shape index (κ3) is 1.48. The summed E-state index contributed by atoms with van der Waals surface area (Å²) < 4.78 is 1.73. The van der Waals surface area contributed by atoms with Gasteiger partial charge in [0.05, 0.1) is 12.1 Å². The second-order valence-electron chi connectivity index (χ2n) is 2.62. The molecule has 0 spiro atoms. The molecule has 66 valence electrons. The normalized spacial score (nSPS) is 10.5. The number of rotatable bonds is 2. The highest BCUT2D eigenvalue weighted by Gasteiger charge is 2.02. The topological polar surface area (TPSA) is 67.5 Å². The molecule has 5 heteroatoms. The minimum absolute atomic E-state index is 0.0661. The van der Waals surface area contributed by atoms with Crippen LogP contribution in [0.25, 0.3) is 5.78 Å². The van der Waals surface area contributed by atoms with Crippen LogP contribution in [0.3, 0.4) is 0 Å². The Kier molecular flexibility index (Phi) is 1.70. The van der Waals surface area contributed by atoms with Gasteiger partial charge in [-0.2, -0.15) is 0 Å². The molecule has 2 aromatic rings. The zero-order valence-electron chi connectivity index (χ0n) is 6.71. The van der Waals surface area contributed by atoms with Crippen LogP contribution in [0.2, 0.25) is 0 Å². The highest BCUT2D eigenvalue weighted by molar-refractivity contribution is 5.69. The summed E-state index contributed by atoms with van der Waals surface area (Å²) >= 11 is 0. The zero-order valence-corrected chi connectivity index (χ0v) is 6.71. The van der Waals surface area contributed by atoms with Gasteiger partial charge in [0.2, 0.25) is 5.78 Å². The molecule has 0 unspecified atom stereocenters. The van der Waals surface area contributed by atoms with E-state index < -0.39 is 5.97 Å². The van der Waals surface area contributed by atoms with Gasteiger partial charge in [-0.3, -0.25) is 9.20 Å². The maximum absolute atomic E-state index is 10.4. The van der Waals surface area contributed by atoms with Crippen molar-refractivity contribution in [3.05, 3.63) is 30.4 Å². The quantitative estimate of drug-likeness (QED) is 0.719. The minimum atomic E-state index is -0.886. The van der Waals surface area contributed by atoms with Crippen LogP contribution in [0.15, 0.2) is 24.7 Å². The number of carboxylic acid groups (broad SMARTS) is 1. The molecule has 0 saturated heterocycles. The summed E-state index contributed by atoms with van der Waals surface area (Å²) in [6.45, 7) is 0. The molecule has 5 nitrogen and oxygen atoms in total. The fourth-order valence-electron chi connectivity index (χ4n) is 1.09. The van der Waals surface area contributed by atoms with E-state index in [0.717, 1.165) is 0 Å². The first-order valence-corrected chi connectivity index (χ1v) is 3.76. The number of fused-ring (bicyclic) bond motifs is 1. The average Bonchev–Trinajstić information content (AvgIpc) is 2.49.